The van der Waals surface area contributed by atoms with E-state index in [9.17, 15) is 8.42 Å². The van der Waals surface area contributed by atoms with Gasteiger partial charge in [0.05, 0.1) is 4.90 Å². The summed E-state index contributed by atoms with van der Waals surface area (Å²) in [6.07, 6.45) is 3.09. The Balaban J connectivity index is 1.64. The van der Waals surface area contributed by atoms with E-state index in [0.717, 1.165) is 30.6 Å². The first kappa shape index (κ1) is 17.5. The van der Waals surface area contributed by atoms with Gasteiger partial charge < -0.3 is 0 Å². The smallest absolute Gasteiger partial charge is 0.208 e. The fraction of sp³-hybridized carbons (Fsp3) is 0.368. The van der Waals surface area contributed by atoms with Crippen LogP contribution in [0.15, 0.2) is 64.4 Å². The maximum atomic E-state index is 12.6. The van der Waals surface area contributed by atoms with Gasteiger partial charge in [-0.25, -0.2) is 13.1 Å². The summed E-state index contributed by atoms with van der Waals surface area (Å²) in [4.78, 5) is 1.60. The predicted octanol–water partition coefficient (Wildman–Crippen LogP) is 4.23. The minimum absolute atomic E-state index is 0.0347. The molecule has 3 rings (SSSR count). The van der Waals surface area contributed by atoms with Crippen molar-refractivity contribution in [3.05, 3.63) is 60.2 Å². The van der Waals surface area contributed by atoms with Crippen molar-refractivity contribution in [2.45, 2.75) is 42.0 Å². The van der Waals surface area contributed by atoms with Crippen molar-refractivity contribution in [2.75, 3.05) is 5.75 Å². The molecule has 1 fully saturated rings. The Labute approximate surface area is 148 Å². The molecule has 3 nitrogen and oxygen atoms in total. The molecule has 0 aliphatic heterocycles. The monoisotopic (exact) mass is 361 g/mol. The highest BCUT2D eigenvalue weighted by molar-refractivity contribution is 7.99. The van der Waals surface area contributed by atoms with Crippen LogP contribution in [0.4, 0.5) is 0 Å². The Kier molecular flexibility index (Phi) is 5.64. The van der Waals surface area contributed by atoms with E-state index >= 15 is 0 Å². The summed E-state index contributed by atoms with van der Waals surface area (Å²) < 4.78 is 28.1. The molecule has 2 atom stereocenters. The van der Waals surface area contributed by atoms with Gasteiger partial charge in [-0.3, -0.25) is 0 Å². The second-order valence-corrected chi connectivity index (χ2v) is 9.16. The molecule has 1 aliphatic carbocycles. The van der Waals surface area contributed by atoms with Crippen LogP contribution in [-0.4, -0.2) is 20.2 Å². The van der Waals surface area contributed by atoms with Gasteiger partial charge in [-0.05, 0) is 49.9 Å². The van der Waals surface area contributed by atoms with Crippen molar-refractivity contribution >= 4 is 21.8 Å². The summed E-state index contributed by atoms with van der Waals surface area (Å²) in [6, 6.07) is 17.4. The number of thioether (sulfide) groups is 1. The largest absolute Gasteiger partial charge is 0.240 e. The molecule has 0 radical (unpaired) electrons. The van der Waals surface area contributed by atoms with Crippen molar-refractivity contribution in [1.82, 2.24) is 4.72 Å². The molecule has 24 heavy (non-hydrogen) atoms. The molecule has 1 aliphatic rings. The van der Waals surface area contributed by atoms with E-state index in [1.807, 2.05) is 49.0 Å². The molecule has 0 amide bonds. The first-order chi connectivity index (χ1) is 11.5. The summed E-state index contributed by atoms with van der Waals surface area (Å²) in [5.41, 5.74) is 1.06. The van der Waals surface area contributed by atoms with E-state index in [1.165, 1.54) is 4.90 Å². The number of sulfonamides is 1. The third-order valence-electron chi connectivity index (χ3n) is 4.50. The molecule has 5 heteroatoms. The van der Waals surface area contributed by atoms with Gasteiger partial charge in [0.15, 0.2) is 0 Å². The van der Waals surface area contributed by atoms with E-state index < -0.39 is 10.0 Å². The minimum Gasteiger partial charge on any atom is -0.208 e. The quantitative estimate of drug-likeness (QED) is 0.783. The third kappa shape index (κ3) is 4.41. The Morgan fingerprint density at radius 3 is 2.46 bits per heavy atom. The minimum atomic E-state index is -3.44. The highest BCUT2D eigenvalue weighted by atomic mass is 32.2. The van der Waals surface area contributed by atoms with E-state index in [2.05, 4.69) is 16.9 Å². The van der Waals surface area contributed by atoms with Gasteiger partial charge in [0.2, 0.25) is 10.0 Å². The molecule has 0 saturated heterocycles. The third-order valence-corrected chi connectivity index (χ3v) is 7.21. The fourth-order valence-electron chi connectivity index (χ4n) is 3.10. The van der Waals surface area contributed by atoms with Crippen LogP contribution >= 0.6 is 11.8 Å². The Hall–Kier alpha value is -1.30. The summed E-state index contributed by atoms with van der Waals surface area (Å²) in [5, 5.41) is 0. The van der Waals surface area contributed by atoms with Crippen molar-refractivity contribution in [1.29, 1.82) is 0 Å². The van der Waals surface area contributed by atoms with Crippen LogP contribution in [0.2, 0.25) is 0 Å². The maximum absolute atomic E-state index is 12.6. The fourth-order valence-corrected chi connectivity index (χ4v) is 5.59. The lowest BCUT2D eigenvalue weighted by Gasteiger charge is -2.21. The van der Waals surface area contributed by atoms with Gasteiger partial charge in [-0.1, -0.05) is 42.3 Å². The Morgan fingerprint density at radius 2 is 1.75 bits per heavy atom. The normalized spacial score (nSPS) is 21.0. The Morgan fingerprint density at radius 1 is 1.04 bits per heavy atom. The van der Waals surface area contributed by atoms with Gasteiger partial charge in [0, 0.05) is 16.7 Å². The average molecular weight is 362 g/mol. The van der Waals surface area contributed by atoms with Crippen LogP contribution in [0.5, 0.6) is 0 Å². The summed E-state index contributed by atoms with van der Waals surface area (Å²) in [7, 11) is -3.44. The lowest BCUT2D eigenvalue weighted by atomic mass is 10.1. The van der Waals surface area contributed by atoms with Crippen LogP contribution < -0.4 is 4.72 Å². The van der Waals surface area contributed by atoms with E-state index in [1.54, 1.807) is 12.1 Å². The predicted molar refractivity (Wildman–Crippen MR) is 99.8 cm³/mol. The zero-order chi connectivity index (χ0) is 17.0. The first-order valence-corrected chi connectivity index (χ1v) is 10.8. The molecule has 2 aromatic carbocycles. The highest BCUT2D eigenvalue weighted by Gasteiger charge is 2.31. The second kappa shape index (κ2) is 7.72. The number of rotatable bonds is 6. The molecular formula is C19H23NO2S2. The van der Waals surface area contributed by atoms with Crippen LogP contribution in [0.25, 0.3) is 0 Å². The number of aryl methyl sites for hydroxylation is 1. The van der Waals surface area contributed by atoms with Crippen LogP contribution in [-0.2, 0) is 10.0 Å². The van der Waals surface area contributed by atoms with E-state index in [0.29, 0.717) is 10.8 Å². The van der Waals surface area contributed by atoms with Gasteiger partial charge in [-0.15, -0.1) is 11.8 Å². The molecule has 0 spiro atoms. The molecular weight excluding hydrogens is 338 g/mol. The van der Waals surface area contributed by atoms with Crippen LogP contribution in [0.1, 0.15) is 24.8 Å². The first-order valence-electron chi connectivity index (χ1n) is 8.31. The lowest BCUT2D eigenvalue weighted by molar-refractivity contribution is 0.482. The molecule has 2 aromatic rings. The molecule has 128 valence electrons. The molecule has 0 heterocycles. The SMILES string of the molecule is Cc1ccc(S(=O)(=O)N[C@@H]2CCC[C@H]2CSc2ccccc2)cc1. The van der Waals surface area contributed by atoms with Gasteiger partial charge in [-0.2, -0.15) is 0 Å². The van der Waals surface area contributed by atoms with E-state index in [4.69, 9.17) is 0 Å². The average Bonchev–Trinajstić information content (AvgIpc) is 3.01. The molecule has 0 bridgehead atoms. The van der Waals surface area contributed by atoms with Crippen molar-refractivity contribution in [3.8, 4) is 0 Å². The number of hydrogen-bond donors (Lipinski definition) is 1. The molecule has 1 N–H and O–H groups in total. The summed E-state index contributed by atoms with van der Waals surface area (Å²) in [5.74, 6) is 1.33. The number of hydrogen-bond acceptors (Lipinski definition) is 3. The Bertz CT molecular complexity index is 758. The van der Waals surface area contributed by atoms with Crippen molar-refractivity contribution in [2.24, 2.45) is 5.92 Å². The highest BCUT2D eigenvalue weighted by Crippen LogP contribution is 2.32. The van der Waals surface area contributed by atoms with Crippen LogP contribution in [0, 0.1) is 12.8 Å². The van der Waals surface area contributed by atoms with Gasteiger partial charge >= 0.3 is 0 Å². The standard InChI is InChI=1S/C19H23NO2S2/c1-15-10-12-18(13-11-15)24(21,22)20-19-9-5-6-16(19)14-23-17-7-3-2-4-8-17/h2-4,7-8,10-13,16,19-20H,5-6,9,14H2,1H3/t16-,19+/m0/s1. The second-order valence-electron chi connectivity index (χ2n) is 6.36. The van der Waals surface area contributed by atoms with Gasteiger partial charge in [0.1, 0.15) is 0 Å². The van der Waals surface area contributed by atoms with Crippen LogP contribution in [0.3, 0.4) is 0 Å². The lowest BCUT2D eigenvalue weighted by Crippen LogP contribution is -2.38. The topological polar surface area (TPSA) is 46.2 Å². The summed E-state index contributed by atoms with van der Waals surface area (Å²) >= 11 is 1.81. The maximum Gasteiger partial charge on any atom is 0.240 e. The number of nitrogens with one attached hydrogen (secondary N) is 1. The molecule has 0 unspecified atom stereocenters. The summed E-state index contributed by atoms with van der Waals surface area (Å²) in [6.45, 7) is 1.96. The van der Waals surface area contributed by atoms with Crippen molar-refractivity contribution < 1.29 is 8.42 Å². The van der Waals surface area contributed by atoms with E-state index in [-0.39, 0.29) is 6.04 Å². The zero-order valence-electron chi connectivity index (χ0n) is 13.8. The number of benzene rings is 2. The molecule has 0 aromatic heterocycles. The van der Waals surface area contributed by atoms with Crippen molar-refractivity contribution in [3.63, 3.8) is 0 Å². The zero-order valence-corrected chi connectivity index (χ0v) is 15.4. The molecule has 1 saturated carbocycles. The van der Waals surface area contributed by atoms with Gasteiger partial charge in [0.25, 0.3) is 0 Å².